The van der Waals surface area contributed by atoms with Gasteiger partial charge in [-0.05, 0) is 70.1 Å². The molecule has 0 saturated heterocycles. The van der Waals surface area contributed by atoms with Gasteiger partial charge in [-0.25, -0.2) is 14.0 Å². The van der Waals surface area contributed by atoms with Crippen molar-refractivity contribution < 1.29 is 13.5 Å². The van der Waals surface area contributed by atoms with Crippen molar-refractivity contribution in [3.05, 3.63) is 136 Å². The monoisotopic (exact) mass is 644 g/mol. The van der Waals surface area contributed by atoms with Crippen molar-refractivity contribution in [2.75, 3.05) is 4.31 Å². The molecule has 44 heavy (non-hydrogen) atoms. The lowest BCUT2D eigenvalue weighted by Gasteiger charge is -2.19. The standard InChI is InChI=1S/C34H30Cl2N4O3S/c1-34(2,3)25-10-8-24(9-11-25)23-6-4-22(5-7-23)18-32-37-31(29-17-12-26(35)19-30(29)36)20-39(32)27-13-15-28(16-14-27)40-21-33(41)38-44(40,42)43/h4-17,19-21,38,41H,18H2,1-3H3. The number of hydrogen-bond donors (Lipinski definition) is 2. The van der Waals surface area contributed by atoms with E-state index in [4.69, 9.17) is 28.2 Å². The zero-order valence-electron chi connectivity index (χ0n) is 24.3. The molecule has 0 aliphatic carbocycles. The number of rotatable bonds is 6. The van der Waals surface area contributed by atoms with E-state index >= 15 is 0 Å². The molecule has 5 aromatic rings. The molecule has 0 bridgehead atoms. The number of imidazole rings is 1. The SMILES string of the molecule is CC(C)(C)c1ccc(-c2ccc(Cc3nc(-c4ccc(Cl)cc4Cl)cn3-c3ccc(N4C=C(O)NS4(=O)=O)cc3)cc2)cc1. The number of nitrogens with one attached hydrogen (secondary N) is 1. The van der Waals surface area contributed by atoms with Crippen LogP contribution in [-0.4, -0.2) is 23.1 Å². The first-order valence-corrected chi connectivity index (χ1v) is 16.1. The van der Waals surface area contributed by atoms with E-state index in [2.05, 4.69) is 74.0 Å². The van der Waals surface area contributed by atoms with Gasteiger partial charge in [-0.3, -0.25) is 0 Å². The first kappa shape index (κ1) is 29.8. The fourth-order valence-electron chi connectivity index (χ4n) is 5.12. The Morgan fingerprint density at radius 2 is 1.45 bits per heavy atom. The fourth-order valence-corrected chi connectivity index (χ4v) is 6.67. The molecule has 0 unspecified atom stereocenters. The Kier molecular flexibility index (Phi) is 7.70. The van der Waals surface area contributed by atoms with Gasteiger partial charge >= 0.3 is 10.2 Å². The molecular weight excluding hydrogens is 615 g/mol. The maximum Gasteiger partial charge on any atom is 0.330 e. The zero-order valence-corrected chi connectivity index (χ0v) is 26.6. The van der Waals surface area contributed by atoms with Crippen LogP contribution in [0.25, 0.3) is 28.1 Å². The van der Waals surface area contributed by atoms with Crippen molar-refractivity contribution >= 4 is 39.1 Å². The minimum atomic E-state index is -3.89. The van der Waals surface area contributed by atoms with Crippen LogP contribution in [0.5, 0.6) is 0 Å². The second-order valence-electron chi connectivity index (χ2n) is 11.7. The predicted octanol–water partition coefficient (Wildman–Crippen LogP) is 8.41. The van der Waals surface area contributed by atoms with Gasteiger partial charge in [-0.1, -0.05) is 92.5 Å². The van der Waals surface area contributed by atoms with Crippen LogP contribution in [-0.2, 0) is 22.0 Å². The summed E-state index contributed by atoms with van der Waals surface area (Å²) in [6.45, 7) is 6.62. The number of hydrogen-bond acceptors (Lipinski definition) is 4. The summed E-state index contributed by atoms with van der Waals surface area (Å²) in [6, 6.07) is 29.4. The molecule has 224 valence electrons. The second kappa shape index (κ2) is 11.4. The summed E-state index contributed by atoms with van der Waals surface area (Å²) in [5, 5.41) is 10.7. The third-order valence-corrected chi connectivity index (χ3v) is 9.35. The topological polar surface area (TPSA) is 87.5 Å². The summed E-state index contributed by atoms with van der Waals surface area (Å²) in [4.78, 5) is 4.97. The van der Waals surface area contributed by atoms with Gasteiger partial charge in [-0.15, -0.1) is 0 Å². The van der Waals surface area contributed by atoms with Crippen molar-refractivity contribution in [3.63, 3.8) is 0 Å². The third-order valence-electron chi connectivity index (χ3n) is 7.50. The minimum absolute atomic E-state index is 0.100. The largest absolute Gasteiger partial charge is 0.493 e. The summed E-state index contributed by atoms with van der Waals surface area (Å²) in [5.74, 6) is 0.331. The Bertz CT molecular complexity index is 1980. The maximum atomic E-state index is 12.3. The van der Waals surface area contributed by atoms with Gasteiger partial charge in [0.2, 0.25) is 5.88 Å². The Morgan fingerprint density at radius 1 is 0.841 bits per heavy atom. The van der Waals surface area contributed by atoms with Gasteiger partial charge < -0.3 is 9.67 Å². The van der Waals surface area contributed by atoms with Gasteiger partial charge in [0.15, 0.2) is 0 Å². The lowest BCUT2D eigenvalue weighted by molar-refractivity contribution is 0.392. The molecule has 1 aliphatic rings. The molecule has 6 rings (SSSR count). The van der Waals surface area contributed by atoms with Crippen LogP contribution in [0.3, 0.4) is 0 Å². The first-order chi connectivity index (χ1) is 20.9. The minimum Gasteiger partial charge on any atom is -0.493 e. The predicted molar refractivity (Wildman–Crippen MR) is 178 cm³/mol. The van der Waals surface area contributed by atoms with E-state index in [1.54, 1.807) is 36.4 Å². The van der Waals surface area contributed by atoms with Crippen LogP contribution < -0.4 is 9.03 Å². The van der Waals surface area contributed by atoms with Crippen molar-refractivity contribution in [1.82, 2.24) is 14.3 Å². The lowest BCUT2D eigenvalue weighted by atomic mass is 9.86. The number of halogens is 2. The van der Waals surface area contributed by atoms with Crippen LogP contribution in [0.2, 0.25) is 10.0 Å². The Hall–Kier alpha value is -4.24. The number of aliphatic hydroxyl groups excluding tert-OH is 1. The molecule has 0 saturated carbocycles. The Balaban J connectivity index is 1.33. The molecular formula is C34H30Cl2N4O3S. The van der Waals surface area contributed by atoms with Crippen LogP contribution in [0.1, 0.15) is 37.7 Å². The van der Waals surface area contributed by atoms with Crippen LogP contribution >= 0.6 is 23.2 Å². The first-order valence-electron chi connectivity index (χ1n) is 13.9. The third kappa shape index (κ3) is 6.06. The molecule has 10 heteroatoms. The van der Waals surface area contributed by atoms with Gasteiger partial charge in [0.1, 0.15) is 5.82 Å². The van der Waals surface area contributed by atoms with Crippen molar-refractivity contribution in [1.29, 1.82) is 0 Å². The highest BCUT2D eigenvalue weighted by atomic mass is 35.5. The van der Waals surface area contributed by atoms with Crippen molar-refractivity contribution in [2.45, 2.75) is 32.6 Å². The average Bonchev–Trinajstić information content (AvgIpc) is 3.51. The molecule has 7 nitrogen and oxygen atoms in total. The summed E-state index contributed by atoms with van der Waals surface area (Å²) in [5.41, 5.74) is 7.34. The van der Waals surface area contributed by atoms with Crippen LogP contribution in [0, 0.1) is 0 Å². The fraction of sp³-hybridized carbons (Fsp3) is 0.147. The van der Waals surface area contributed by atoms with E-state index in [1.807, 2.05) is 16.8 Å². The second-order valence-corrected chi connectivity index (χ2v) is 14.1. The molecule has 2 N–H and O–H groups in total. The van der Waals surface area contributed by atoms with E-state index in [9.17, 15) is 13.5 Å². The summed E-state index contributed by atoms with van der Waals surface area (Å²) in [7, 11) is -3.89. The summed E-state index contributed by atoms with van der Waals surface area (Å²) >= 11 is 12.7. The molecule has 0 amide bonds. The molecule has 0 spiro atoms. The van der Waals surface area contributed by atoms with Gasteiger partial charge in [0.25, 0.3) is 0 Å². The molecule has 1 aliphatic heterocycles. The molecule has 4 aromatic carbocycles. The number of aromatic nitrogens is 2. The highest BCUT2D eigenvalue weighted by Gasteiger charge is 2.28. The Morgan fingerprint density at radius 3 is 2.02 bits per heavy atom. The van der Waals surface area contributed by atoms with Crippen LogP contribution in [0.4, 0.5) is 5.69 Å². The van der Waals surface area contributed by atoms with E-state index in [1.165, 1.54) is 5.56 Å². The molecule has 0 radical (unpaired) electrons. The Labute approximate surface area is 267 Å². The summed E-state index contributed by atoms with van der Waals surface area (Å²) in [6.07, 6.45) is 3.57. The number of benzene rings is 4. The number of nitrogens with zero attached hydrogens (tertiary/aromatic N) is 3. The average molecular weight is 646 g/mol. The number of anilines is 1. The molecule has 1 aromatic heterocycles. The van der Waals surface area contributed by atoms with E-state index in [0.29, 0.717) is 27.8 Å². The smallest absolute Gasteiger partial charge is 0.330 e. The normalized spacial score (nSPS) is 14.4. The van der Waals surface area contributed by atoms with E-state index < -0.39 is 16.1 Å². The summed E-state index contributed by atoms with van der Waals surface area (Å²) < 4.78 is 29.7. The van der Waals surface area contributed by atoms with Gasteiger partial charge in [0.05, 0.1) is 22.6 Å². The van der Waals surface area contributed by atoms with E-state index in [-0.39, 0.29) is 5.41 Å². The van der Waals surface area contributed by atoms with E-state index in [0.717, 1.165) is 44.3 Å². The van der Waals surface area contributed by atoms with Crippen molar-refractivity contribution in [3.8, 4) is 28.1 Å². The lowest BCUT2D eigenvalue weighted by Crippen LogP contribution is -2.29. The molecule has 2 heterocycles. The maximum absolute atomic E-state index is 12.3. The zero-order chi connectivity index (χ0) is 31.2. The quantitative estimate of drug-likeness (QED) is 0.194. The van der Waals surface area contributed by atoms with Gasteiger partial charge in [0, 0.05) is 28.9 Å². The highest BCUT2D eigenvalue weighted by Crippen LogP contribution is 2.33. The van der Waals surface area contributed by atoms with Gasteiger partial charge in [-0.2, -0.15) is 8.42 Å². The number of aliphatic hydroxyl groups is 1. The highest BCUT2D eigenvalue weighted by molar-refractivity contribution is 7.91. The molecule has 0 fully saturated rings. The van der Waals surface area contributed by atoms with Crippen LogP contribution in [0.15, 0.2) is 109 Å². The van der Waals surface area contributed by atoms with Crippen molar-refractivity contribution in [2.24, 2.45) is 0 Å². The molecule has 0 atom stereocenters.